The Morgan fingerprint density at radius 1 is 0.879 bits per heavy atom. The second-order valence-corrected chi connectivity index (χ2v) is 9.43. The first-order chi connectivity index (χ1) is 16.2. The van der Waals surface area contributed by atoms with Crippen LogP contribution in [0, 0.1) is 0 Å². The summed E-state index contributed by atoms with van der Waals surface area (Å²) >= 11 is 1.74. The smallest absolute Gasteiger partial charge is 0.253 e. The maximum Gasteiger partial charge on any atom is 0.253 e. The van der Waals surface area contributed by atoms with Gasteiger partial charge in [0.05, 0.1) is 5.69 Å². The molecule has 0 unspecified atom stereocenters. The van der Waals surface area contributed by atoms with Gasteiger partial charge in [-0.05, 0) is 48.4 Å². The Balaban J connectivity index is 1.10. The molecule has 0 spiro atoms. The van der Waals surface area contributed by atoms with Crippen molar-refractivity contribution < 1.29 is 4.79 Å². The van der Waals surface area contributed by atoms with E-state index in [2.05, 4.69) is 46.4 Å². The van der Waals surface area contributed by atoms with Gasteiger partial charge in [-0.2, -0.15) is 0 Å². The van der Waals surface area contributed by atoms with Crippen molar-refractivity contribution in [2.75, 3.05) is 32.7 Å². The first kappa shape index (κ1) is 21.7. The number of amides is 1. The second kappa shape index (κ2) is 10.2. The third-order valence-corrected chi connectivity index (χ3v) is 7.17. The highest BCUT2D eigenvalue weighted by molar-refractivity contribution is 7.98. The summed E-state index contributed by atoms with van der Waals surface area (Å²) in [6.45, 7) is 4.50. The number of imidazole rings is 1. The average molecular weight is 457 g/mol. The van der Waals surface area contributed by atoms with Crippen molar-refractivity contribution in [2.24, 2.45) is 0 Å². The van der Waals surface area contributed by atoms with Gasteiger partial charge in [0.25, 0.3) is 5.91 Å². The lowest BCUT2D eigenvalue weighted by Gasteiger charge is -2.34. The van der Waals surface area contributed by atoms with Gasteiger partial charge in [-0.25, -0.2) is 4.98 Å². The summed E-state index contributed by atoms with van der Waals surface area (Å²) in [6.07, 6.45) is 5.14. The third kappa shape index (κ3) is 5.46. The molecule has 4 aromatic rings. The standard InChI is InChI=1S/C27H28N4OS/c32-27(30-18-16-29(17-19-30)15-13-22-6-2-1-3-7-22)23-9-11-25(12-10-23)33-21-24-20-31-14-5-4-8-26(31)28-24/h1-12,14,20H,13,15-19,21H2. The minimum Gasteiger partial charge on any atom is -0.336 e. The van der Waals surface area contributed by atoms with Crippen LogP contribution in [0.25, 0.3) is 5.65 Å². The fourth-order valence-corrected chi connectivity index (χ4v) is 4.98. The molecular formula is C27H28N4OS. The summed E-state index contributed by atoms with van der Waals surface area (Å²) in [7, 11) is 0. The van der Waals surface area contributed by atoms with Gasteiger partial charge >= 0.3 is 0 Å². The van der Waals surface area contributed by atoms with Gasteiger partial charge < -0.3 is 9.30 Å². The van der Waals surface area contributed by atoms with Crippen molar-refractivity contribution >= 4 is 23.3 Å². The van der Waals surface area contributed by atoms with E-state index in [-0.39, 0.29) is 5.91 Å². The molecule has 0 radical (unpaired) electrons. The Labute approximate surface area is 199 Å². The summed E-state index contributed by atoms with van der Waals surface area (Å²) in [4.78, 5) is 23.2. The van der Waals surface area contributed by atoms with Gasteiger partial charge in [0.1, 0.15) is 5.65 Å². The molecule has 0 aliphatic carbocycles. The lowest BCUT2D eigenvalue weighted by Crippen LogP contribution is -2.49. The van der Waals surface area contributed by atoms with E-state index < -0.39 is 0 Å². The van der Waals surface area contributed by atoms with Gasteiger partial charge in [0, 0.05) is 61.3 Å². The van der Waals surface area contributed by atoms with E-state index in [0.717, 1.165) is 66.7 Å². The fourth-order valence-electron chi connectivity index (χ4n) is 4.20. The molecule has 5 nitrogen and oxygen atoms in total. The largest absolute Gasteiger partial charge is 0.336 e. The van der Waals surface area contributed by atoms with E-state index >= 15 is 0 Å². The van der Waals surface area contributed by atoms with Crippen LogP contribution in [0.4, 0.5) is 0 Å². The number of fused-ring (bicyclic) bond motifs is 1. The molecule has 1 fully saturated rings. The van der Waals surface area contributed by atoms with E-state index in [9.17, 15) is 4.79 Å². The molecule has 6 heteroatoms. The van der Waals surface area contributed by atoms with Gasteiger partial charge in [-0.15, -0.1) is 11.8 Å². The summed E-state index contributed by atoms with van der Waals surface area (Å²) in [5.41, 5.74) is 4.16. The molecule has 1 aliphatic rings. The average Bonchev–Trinajstić information content (AvgIpc) is 3.30. The molecule has 3 heterocycles. The molecule has 2 aromatic heterocycles. The molecule has 2 aromatic carbocycles. The Morgan fingerprint density at radius 3 is 2.39 bits per heavy atom. The molecule has 33 heavy (non-hydrogen) atoms. The maximum atomic E-state index is 13.0. The lowest BCUT2D eigenvalue weighted by atomic mass is 10.1. The first-order valence-electron chi connectivity index (χ1n) is 11.5. The van der Waals surface area contributed by atoms with Gasteiger partial charge in [-0.1, -0.05) is 36.4 Å². The van der Waals surface area contributed by atoms with E-state index in [0.29, 0.717) is 0 Å². The summed E-state index contributed by atoms with van der Waals surface area (Å²) < 4.78 is 2.04. The summed E-state index contributed by atoms with van der Waals surface area (Å²) in [6, 6.07) is 24.6. The minimum atomic E-state index is 0.134. The maximum absolute atomic E-state index is 13.0. The molecule has 1 saturated heterocycles. The molecule has 5 rings (SSSR count). The number of pyridine rings is 1. The third-order valence-electron chi connectivity index (χ3n) is 6.12. The highest BCUT2D eigenvalue weighted by Gasteiger charge is 2.22. The normalized spacial score (nSPS) is 14.6. The van der Waals surface area contributed by atoms with Crippen LogP contribution in [-0.2, 0) is 12.2 Å². The number of rotatable bonds is 7. The summed E-state index contributed by atoms with van der Waals surface area (Å²) in [5.74, 6) is 0.939. The molecule has 0 N–H and O–H groups in total. The number of hydrogen-bond donors (Lipinski definition) is 0. The molecule has 0 saturated carbocycles. The Morgan fingerprint density at radius 2 is 1.64 bits per heavy atom. The SMILES string of the molecule is O=C(c1ccc(SCc2cn3ccccc3n2)cc1)N1CCN(CCc2ccccc2)CC1. The van der Waals surface area contributed by atoms with Crippen LogP contribution in [0.5, 0.6) is 0 Å². The Bertz CT molecular complexity index is 1160. The monoisotopic (exact) mass is 456 g/mol. The van der Waals surface area contributed by atoms with Crippen LogP contribution in [0.15, 0.2) is 90.1 Å². The zero-order valence-corrected chi connectivity index (χ0v) is 19.5. The van der Waals surface area contributed by atoms with Crippen LogP contribution < -0.4 is 0 Å². The first-order valence-corrected chi connectivity index (χ1v) is 12.4. The number of thioether (sulfide) groups is 1. The van der Waals surface area contributed by atoms with Crippen molar-refractivity contribution in [3.8, 4) is 0 Å². The number of aromatic nitrogens is 2. The van der Waals surface area contributed by atoms with Gasteiger partial charge in [0.2, 0.25) is 0 Å². The van der Waals surface area contributed by atoms with Crippen molar-refractivity contribution in [3.63, 3.8) is 0 Å². The quantitative estimate of drug-likeness (QED) is 0.380. The molecular weight excluding hydrogens is 428 g/mol. The Hall–Kier alpha value is -3.09. The van der Waals surface area contributed by atoms with Crippen LogP contribution in [0.1, 0.15) is 21.6 Å². The van der Waals surface area contributed by atoms with Crippen molar-refractivity contribution in [1.82, 2.24) is 19.2 Å². The van der Waals surface area contributed by atoms with E-state index in [4.69, 9.17) is 0 Å². The predicted molar refractivity (Wildman–Crippen MR) is 134 cm³/mol. The fraction of sp³-hybridized carbons (Fsp3) is 0.259. The predicted octanol–water partition coefficient (Wildman–Crippen LogP) is 4.63. The molecule has 1 aliphatic heterocycles. The van der Waals surface area contributed by atoms with Crippen molar-refractivity contribution in [2.45, 2.75) is 17.1 Å². The van der Waals surface area contributed by atoms with Crippen LogP contribution in [0.3, 0.4) is 0 Å². The van der Waals surface area contributed by atoms with E-state index in [1.807, 2.05) is 58.0 Å². The van der Waals surface area contributed by atoms with Gasteiger partial charge in [0.15, 0.2) is 0 Å². The van der Waals surface area contributed by atoms with Crippen molar-refractivity contribution in [1.29, 1.82) is 0 Å². The van der Waals surface area contributed by atoms with Crippen LogP contribution >= 0.6 is 11.8 Å². The number of carbonyl (C=O) groups is 1. The minimum absolute atomic E-state index is 0.134. The number of nitrogens with zero attached hydrogens (tertiary/aromatic N) is 4. The molecule has 168 valence electrons. The molecule has 0 atom stereocenters. The molecule has 0 bridgehead atoms. The topological polar surface area (TPSA) is 40.9 Å². The van der Waals surface area contributed by atoms with Crippen LogP contribution in [-0.4, -0.2) is 57.8 Å². The van der Waals surface area contributed by atoms with Gasteiger partial charge in [-0.3, -0.25) is 9.69 Å². The lowest BCUT2D eigenvalue weighted by molar-refractivity contribution is 0.0638. The highest BCUT2D eigenvalue weighted by Crippen LogP contribution is 2.23. The zero-order valence-electron chi connectivity index (χ0n) is 18.6. The van der Waals surface area contributed by atoms with E-state index in [1.165, 1.54) is 5.56 Å². The molecule has 1 amide bonds. The number of piperazine rings is 1. The van der Waals surface area contributed by atoms with Crippen molar-refractivity contribution in [3.05, 3.63) is 102 Å². The second-order valence-electron chi connectivity index (χ2n) is 8.38. The number of benzene rings is 2. The number of carbonyl (C=O) groups excluding carboxylic acids is 1. The van der Waals surface area contributed by atoms with Crippen LogP contribution in [0.2, 0.25) is 0 Å². The summed E-state index contributed by atoms with van der Waals surface area (Å²) in [5, 5.41) is 0. The van der Waals surface area contributed by atoms with E-state index in [1.54, 1.807) is 11.8 Å². The number of hydrogen-bond acceptors (Lipinski definition) is 4. The zero-order chi connectivity index (χ0) is 22.5. The highest BCUT2D eigenvalue weighted by atomic mass is 32.2. The Kier molecular flexibility index (Phi) is 6.74.